The second-order valence-corrected chi connectivity index (χ2v) is 4.91. The van der Waals surface area contributed by atoms with Crippen molar-refractivity contribution in [3.05, 3.63) is 35.5 Å². The van der Waals surface area contributed by atoms with Crippen LogP contribution in [0.1, 0.15) is 24.0 Å². The molecule has 0 saturated carbocycles. The maximum absolute atomic E-state index is 8.88. The summed E-state index contributed by atoms with van der Waals surface area (Å²) in [5, 5.41) is 10.1. The largest absolute Gasteiger partial charge is 0.361 e. The zero-order valence-corrected chi connectivity index (χ0v) is 11.1. The minimum atomic E-state index is 0.738. The molecule has 0 spiro atoms. The van der Waals surface area contributed by atoms with E-state index in [2.05, 4.69) is 39.8 Å². The Labute approximate surface area is 109 Å². The van der Waals surface area contributed by atoms with Crippen molar-refractivity contribution in [1.29, 1.82) is 5.26 Å². The van der Waals surface area contributed by atoms with Gasteiger partial charge in [-0.3, -0.25) is 0 Å². The molecular weight excluding hydrogens is 311 g/mol. The summed E-state index contributed by atoms with van der Waals surface area (Å²) in [4.78, 5) is 3.26. The molecule has 0 atom stereocenters. The number of benzene rings is 1. The van der Waals surface area contributed by atoms with Crippen LogP contribution in [-0.2, 0) is 6.42 Å². The first kappa shape index (κ1) is 11.5. The minimum Gasteiger partial charge on any atom is -0.361 e. The monoisotopic (exact) mass is 324 g/mol. The average molecular weight is 324 g/mol. The fourth-order valence-electron chi connectivity index (χ4n) is 1.86. The Hall–Kier alpha value is -1.02. The Kier molecular flexibility index (Phi) is 3.83. The van der Waals surface area contributed by atoms with E-state index >= 15 is 0 Å². The van der Waals surface area contributed by atoms with Gasteiger partial charge in [-0.2, -0.15) is 5.26 Å². The summed E-state index contributed by atoms with van der Waals surface area (Å²) in [6, 6.07) is 8.00. The highest BCUT2D eigenvalue weighted by molar-refractivity contribution is 14.1. The summed E-state index contributed by atoms with van der Waals surface area (Å²) in [6.45, 7) is 0. The van der Waals surface area contributed by atoms with Gasteiger partial charge in [-0.15, -0.1) is 0 Å². The van der Waals surface area contributed by atoms with Gasteiger partial charge in [0.15, 0.2) is 0 Å². The SMILES string of the molecule is N#Cc1ccc2[nH]cc(CCCCI)c2c1. The van der Waals surface area contributed by atoms with Crippen LogP contribution < -0.4 is 0 Å². The number of alkyl halides is 1. The lowest BCUT2D eigenvalue weighted by Gasteiger charge is -1.98. The Morgan fingerprint density at radius 2 is 2.19 bits per heavy atom. The molecule has 0 fully saturated rings. The molecule has 1 aromatic carbocycles. The molecule has 16 heavy (non-hydrogen) atoms. The van der Waals surface area contributed by atoms with E-state index in [1.807, 2.05) is 18.2 Å². The molecule has 2 aromatic rings. The molecule has 3 heteroatoms. The third kappa shape index (κ3) is 2.38. The number of hydrogen-bond donors (Lipinski definition) is 1. The van der Waals surface area contributed by atoms with Gasteiger partial charge in [0.1, 0.15) is 0 Å². The van der Waals surface area contributed by atoms with Gasteiger partial charge in [-0.25, -0.2) is 0 Å². The Balaban J connectivity index is 2.28. The van der Waals surface area contributed by atoms with Crippen LogP contribution in [0.4, 0.5) is 0 Å². The number of nitrogens with one attached hydrogen (secondary N) is 1. The topological polar surface area (TPSA) is 39.6 Å². The van der Waals surface area contributed by atoms with Crippen molar-refractivity contribution in [2.24, 2.45) is 0 Å². The van der Waals surface area contributed by atoms with Crippen LogP contribution in [0.15, 0.2) is 24.4 Å². The second-order valence-electron chi connectivity index (χ2n) is 3.83. The highest BCUT2D eigenvalue weighted by Crippen LogP contribution is 2.21. The van der Waals surface area contributed by atoms with Crippen molar-refractivity contribution in [3.63, 3.8) is 0 Å². The van der Waals surface area contributed by atoms with Gasteiger partial charge in [0.25, 0.3) is 0 Å². The van der Waals surface area contributed by atoms with Gasteiger partial charge < -0.3 is 4.98 Å². The first-order valence-corrected chi connectivity index (χ1v) is 6.94. The molecule has 1 aromatic heterocycles. The van der Waals surface area contributed by atoms with E-state index < -0.39 is 0 Å². The highest BCUT2D eigenvalue weighted by Gasteiger charge is 2.04. The van der Waals surface area contributed by atoms with Crippen molar-refractivity contribution in [2.45, 2.75) is 19.3 Å². The molecule has 0 aliphatic carbocycles. The van der Waals surface area contributed by atoms with Crippen molar-refractivity contribution in [2.75, 3.05) is 4.43 Å². The van der Waals surface area contributed by atoms with Crippen LogP contribution >= 0.6 is 22.6 Å². The standard InChI is InChI=1S/C13H13IN2/c14-6-2-1-3-11-9-16-13-5-4-10(8-15)7-12(11)13/h4-5,7,9,16H,1-3,6H2. The Morgan fingerprint density at radius 3 is 2.94 bits per heavy atom. The summed E-state index contributed by atoms with van der Waals surface area (Å²) in [5.74, 6) is 0. The molecule has 2 rings (SSSR count). The van der Waals surface area contributed by atoms with Crippen LogP contribution in [0, 0.1) is 11.3 Å². The van der Waals surface area contributed by atoms with Crippen molar-refractivity contribution in [1.82, 2.24) is 4.98 Å². The predicted molar refractivity (Wildman–Crippen MR) is 74.8 cm³/mol. The molecule has 0 unspecified atom stereocenters. The van der Waals surface area contributed by atoms with E-state index in [-0.39, 0.29) is 0 Å². The van der Waals surface area contributed by atoms with Crippen LogP contribution in [0.3, 0.4) is 0 Å². The van der Waals surface area contributed by atoms with Gasteiger partial charge >= 0.3 is 0 Å². The molecule has 0 saturated heterocycles. The van der Waals surface area contributed by atoms with E-state index in [1.54, 1.807) is 0 Å². The fraction of sp³-hybridized carbons (Fsp3) is 0.308. The summed E-state index contributed by atoms with van der Waals surface area (Å²) in [7, 11) is 0. The third-order valence-electron chi connectivity index (χ3n) is 2.73. The number of unbranched alkanes of at least 4 members (excludes halogenated alkanes) is 1. The number of halogens is 1. The van der Waals surface area contributed by atoms with Crippen molar-refractivity contribution >= 4 is 33.5 Å². The Morgan fingerprint density at radius 1 is 1.31 bits per heavy atom. The molecule has 0 aliphatic heterocycles. The molecular formula is C13H13IN2. The van der Waals surface area contributed by atoms with E-state index in [0.717, 1.165) is 17.5 Å². The second kappa shape index (κ2) is 5.35. The number of rotatable bonds is 4. The van der Waals surface area contributed by atoms with Crippen LogP contribution in [0.2, 0.25) is 0 Å². The molecule has 1 heterocycles. The van der Waals surface area contributed by atoms with E-state index in [9.17, 15) is 0 Å². The zero-order valence-electron chi connectivity index (χ0n) is 8.96. The van der Waals surface area contributed by atoms with E-state index in [1.165, 1.54) is 28.2 Å². The summed E-state index contributed by atoms with van der Waals surface area (Å²) >= 11 is 2.41. The van der Waals surface area contributed by atoms with E-state index in [0.29, 0.717) is 0 Å². The smallest absolute Gasteiger partial charge is 0.0991 e. The van der Waals surface area contributed by atoms with Crippen LogP contribution in [0.5, 0.6) is 0 Å². The molecule has 0 amide bonds. The molecule has 0 aliphatic rings. The van der Waals surface area contributed by atoms with Crippen molar-refractivity contribution in [3.8, 4) is 6.07 Å². The molecule has 1 N–H and O–H groups in total. The first-order valence-electron chi connectivity index (χ1n) is 5.41. The normalized spacial score (nSPS) is 10.5. The van der Waals surface area contributed by atoms with Gasteiger partial charge in [0.2, 0.25) is 0 Å². The summed E-state index contributed by atoms with van der Waals surface area (Å²) in [5.41, 5.74) is 3.20. The van der Waals surface area contributed by atoms with Crippen molar-refractivity contribution < 1.29 is 0 Å². The number of fused-ring (bicyclic) bond motifs is 1. The number of nitrogens with zero attached hydrogens (tertiary/aromatic N) is 1. The average Bonchev–Trinajstić information content (AvgIpc) is 2.72. The zero-order chi connectivity index (χ0) is 11.4. The predicted octanol–water partition coefficient (Wildman–Crippen LogP) is 3.80. The lowest BCUT2D eigenvalue weighted by atomic mass is 10.1. The molecule has 2 nitrogen and oxygen atoms in total. The number of hydrogen-bond acceptors (Lipinski definition) is 1. The lowest BCUT2D eigenvalue weighted by Crippen LogP contribution is -1.84. The lowest BCUT2D eigenvalue weighted by molar-refractivity contribution is 0.813. The maximum atomic E-state index is 8.88. The van der Waals surface area contributed by atoms with Gasteiger partial charge in [0.05, 0.1) is 11.6 Å². The number of nitriles is 1. The van der Waals surface area contributed by atoms with Crippen LogP contribution in [-0.4, -0.2) is 9.41 Å². The maximum Gasteiger partial charge on any atom is 0.0991 e. The van der Waals surface area contributed by atoms with Gasteiger partial charge in [0, 0.05) is 17.1 Å². The Bertz CT molecular complexity index is 522. The van der Waals surface area contributed by atoms with Gasteiger partial charge in [-0.05, 0) is 47.5 Å². The third-order valence-corrected chi connectivity index (χ3v) is 3.49. The first-order chi connectivity index (χ1) is 7.85. The molecule has 82 valence electrons. The summed E-state index contributed by atoms with van der Waals surface area (Å²) in [6.07, 6.45) is 5.63. The number of aromatic nitrogens is 1. The number of aromatic amines is 1. The fourth-order valence-corrected chi connectivity index (χ4v) is 2.40. The van der Waals surface area contributed by atoms with Crippen LogP contribution in [0.25, 0.3) is 10.9 Å². The quantitative estimate of drug-likeness (QED) is 0.519. The number of aryl methyl sites for hydroxylation is 1. The van der Waals surface area contributed by atoms with E-state index in [4.69, 9.17) is 5.26 Å². The number of H-pyrrole nitrogens is 1. The highest BCUT2D eigenvalue weighted by atomic mass is 127. The molecule has 0 radical (unpaired) electrons. The summed E-state index contributed by atoms with van der Waals surface area (Å²) < 4.78 is 1.21. The minimum absolute atomic E-state index is 0.738. The molecule has 0 bridgehead atoms. The van der Waals surface area contributed by atoms with Gasteiger partial charge in [-0.1, -0.05) is 22.6 Å².